The van der Waals surface area contributed by atoms with Gasteiger partial charge in [-0.05, 0) is 24.6 Å². The van der Waals surface area contributed by atoms with Crippen molar-refractivity contribution in [3.05, 3.63) is 55.8 Å². The highest BCUT2D eigenvalue weighted by atomic mass is 35.5. The molecule has 0 radical (unpaired) electrons. The summed E-state index contributed by atoms with van der Waals surface area (Å²) in [4.78, 5) is 26.9. The van der Waals surface area contributed by atoms with Crippen molar-refractivity contribution in [1.82, 2.24) is 19.6 Å². The molecule has 27 heavy (non-hydrogen) atoms. The Morgan fingerprint density at radius 3 is 2.56 bits per heavy atom. The third kappa shape index (κ3) is 4.58. The van der Waals surface area contributed by atoms with Crippen molar-refractivity contribution >= 4 is 34.8 Å². The highest BCUT2D eigenvalue weighted by Gasteiger charge is 2.24. The summed E-state index contributed by atoms with van der Waals surface area (Å²) < 4.78 is 1.38. The van der Waals surface area contributed by atoms with Gasteiger partial charge in [-0.1, -0.05) is 29.3 Å². The van der Waals surface area contributed by atoms with Crippen LogP contribution in [0.5, 0.6) is 0 Å². The molecule has 1 amide bonds. The Hall–Kier alpha value is -2.16. The lowest BCUT2D eigenvalue weighted by molar-refractivity contribution is -0.385. The molecule has 1 aliphatic heterocycles. The average molecular weight is 412 g/mol. The fraction of sp³-hybridized carbons (Fsp3) is 0.412. The lowest BCUT2D eigenvalue weighted by Crippen LogP contribution is -2.49. The van der Waals surface area contributed by atoms with Gasteiger partial charge in [-0.3, -0.25) is 24.5 Å². The third-order valence-electron chi connectivity index (χ3n) is 4.69. The maximum atomic E-state index is 12.5. The molecule has 0 spiro atoms. The van der Waals surface area contributed by atoms with E-state index in [0.717, 1.165) is 18.7 Å². The molecule has 2 aromatic rings. The number of benzene rings is 1. The molecule has 0 atom stereocenters. The summed E-state index contributed by atoms with van der Waals surface area (Å²) in [6.07, 6.45) is 1.18. The number of piperazine rings is 1. The number of nitro groups is 1. The molecule has 0 N–H and O–H groups in total. The van der Waals surface area contributed by atoms with Gasteiger partial charge in [0, 0.05) is 42.8 Å². The minimum atomic E-state index is -0.496. The van der Waals surface area contributed by atoms with E-state index in [1.54, 1.807) is 17.9 Å². The molecular formula is C17H19Cl2N5O3. The Kier molecular flexibility index (Phi) is 5.98. The first-order valence-corrected chi connectivity index (χ1v) is 9.21. The van der Waals surface area contributed by atoms with Crippen molar-refractivity contribution < 1.29 is 9.72 Å². The lowest BCUT2D eigenvalue weighted by Gasteiger charge is -2.35. The molecule has 10 heteroatoms. The molecule has 1 aromatic carbocycles. The fourth-order valence-electron chi connectivity index (χ4n) is 3.05. The van der Waals surface area contributed by atoms with Crippen LogP contribution in [0.4, 0.5) is 5.69 Å². The van der Waals surface area contributed by atoms with Crippen LogP contribution in [0.2, 0.25) is 10.0 Å². The number of hydrogen-bond acceptors (Lipinski definition) is 5. The zero-order chi connectivity index (χ0) is 19.6. The molecule has 0 saturated carbocycles. The van der Waals surface area contributed by atoms with Gasteiger partial charge in [0.05, 0.1) is 4.92 Å². The Morgan fingerprint density at radius 1 is 1.26 bits per heavy atom. The van der Waals surface area contributed by atoms with Crippen molar-refractivity contribution in [1.29, 1.82) is 0 Å². The van der Waals surface area contributed by atoms with Crippen LogP contribution in [-0.2, 0) is 17.9 Å². The van der Waals surface area contributed by atoms with Crippen molar-refractivity contribution in [3.8, 4) is 0 Å². The predicted molar refractivity (Wildman–Crippen MR) is 102 cm³/mol. The first-order chi connectivity index (χ1) is 12.8. The van der Waals surface area contributed by atoms with Gasteiger partial charge in [0.2, 0.25) is 5.91 Å². The van der Waals surface area contributed by atoms with Crippen LogP contribution in [0.1, 0.15) is 11.3 Å². The zero-order valence-electron chi connectivity index (χ0n) is 14.8. The van der Waals surface area contributed by atoms with E-state index in [9.17, 15) is 14.9 Å². The molecule has 0 bridgehead atoms. The Bertz CT molecular complexity index is 862. The first-order valence-electron chi connectivity index (χ1n) is 8.46. The summed E-state index contributed by atoms with van der Waals surface area (Å²) >= 11 is 12.1. The standard InChI is InChI=1S/C17H19Cl2N5O3/c1-12-16(24(26)27)9-20-23(12)11-17(25)22-6-4-21(5-7-22)10-13-2-3-14(18)8-15(13)19/h2-3,8-9H,4-7,10-11H2,1H3. The van der Waals surface area contributed by atoms with E-state index in [4.69, 9.17) is 23.2 Å². The summed E-state index contributed by atoms with van der Waals surface area (Å²) in [5, 5.41) is 16.1. The molecule has 3 rings (SSSR count). The number of hydrogen-bond donors (Lipinski definition) is 0. The van der Waals surface area contributed by atoms with Crippen LogP contribution in [-0.4, -0.2) is 56.6 Å². The average Bonchev–Trinajstić information content (AvgIpc) is 2.99. The molecule has 1 saturated heterocycles. The number of nitrogens with zero attached hydrogens (tertiary/aromatic N) is 5. The number of amides is 1. The second-order valence-electron chi connectivity index (χ2n) is 6.42. The fourth-order valence-corrected chi connectivity index (χ4v) is 3.52. The van der Waals surface area contributed by atoms with Crippen molar-refractivity contribution in [2.24, 2.45) is 0 Å². The third-order valence-corrected chi connectivity index (χ3v) is 5.28. The topological polar surface area (TPSA) is 84.5 Å². The molecule has 0 aliphatic carbocycles. The summed E-state index contributed by atoms with van der Waals surface area (Å²) in [5.74, 6) is -0.0970. The number of rotatable bonds is 5. The largest absolute Gasteiger partial charge is 0.339 e. The van der Waals surface area contributed by atoms with E-state index < -0.39 is 4.92 Å². The second kappa shape index (κ2) is 8.24. The molecular weight excluding hydrogens is 393 g/mol. The Labute approximate surface area is 166 Å². The normalized spacial score (nSPS) is 15.1. The first kappa shape index (κ1) is 19.6. The number of carbonyl (C=O) groups excluding carboxylic acids is 1. The van der Waals surface area contributed by atoms with E-state index >= 15 is 0 Å². The van der Waals surface area contributed by atoms with Gasteiger partial charge in [-0.2, -0.15) is 5.10 Å². The second-order valence-corrected chi connectivity index (χ2v) is 7.27. The number of carbonyl (C=O) groups is 1. The van der Waals surface area contributed by atoms with E-state index in [-0.39, 0.29) is 18.1 Å². The van der Waals surface area contributed by atoms with Crippen LogP contribution in [0.15, 0.2) is 24.4 Å². The highest BCUT2D eigenvalue weighted by Crippen LogP contribution is 2.23. The minimum absolute atomic E-state index is 0.00266. The molecule has 1 aliphatic rings. The number of aromatic nitrogens is 2. The van der Waals surface area contributed by atoms with Gasteiger partial charge in [-0.25, -0.2) is 0 Å². The summed E-state index contributed by atoms with van der Waals surface area (Å²) in [6.45, 7) is 4.92. The number of halogens is 2. The van der Waals surface area contributed by atoms with E-state index in [1.165, 1.54) is 10.9 Å². The van der Waals surface area contributed by atoms with Gasteiger partial charge in [0.1, 0.15) is 18.4 Å². The zero-order valence-corrected chi connectivity index (χ0v) is 16.3. The molecule has 0 unspecified atom stereocenters. The van der Waals surface area contributed by atoms with E-state index in [1.807, 2.05) is 12.1 Å². The van der Waals surface area contributed by atoms with Gasteiger partial charge < -0.3 is 4.90 Å². The quantitative estimate of drug-likeness (QED) is 0.557. The van der Waals surface area contributed by atoms with Crippen molar-refractivity contribution in [3.63, 3.8) is 0 Å². The van der Waals surface area contributed by atoms with Crippen LogP contribution >= 0.6 is 23.2 Å². The van der Waals surface area contributed by atoms with Crippen molar-refractivity contribution in [2.45, 2.75) is 20.0 Å². The lowest BCUT2D eigenvalue weighted by atomic mass is 10.2. The van der Waals surface area contributed by atoms with Gasteiger partial charge >= 0.3 is 5.69 Å². The minimum Gasteiger partial charge on any atom is -0.339 e. The van der Waals surface area contributed by atoms with Gasteiger partial charge in [0.25, 0.3) is 0 Å². The smallest absolute Gasteiger partial charge is 0.309 e. The van der Waals surface area contributed by atoms with E-state index in [0.29, 0.717) is 35.4 Å². The van der Waals surface area contributed by atoms with Gasteiger partial charge in [0.15, 0.2) is 0 Å². The van der Waals surface area contributed by atoms with Crippen LogP contribution in [0.3, 0.4) is 0 Å². The van der Waals surface area contributed by atoms with Crippen LogP contribution in [0.25, 0.3) is 0 Å². The summed E-state index contributed by atoms with van der Waals surface area (Å²) in [5.41, 5.74) is 1.30. The molecule has 8 nitrogen and oxygen atoms in total. The monoisotopic (exact) mass is 411 g/mol. The van der Waals surface area contributed by atoms with Crippen LogP contribution < -0.4 is 0 Å². The summed E-state index contributed by atoms with van der Waals surface area (Å²) in [7, 11) is 0. The molecule has 144 valence electrons. The SMILES string of the molecule is Cc1c([N+](=O)[O-])cnn1CC(=O)N1CCN(Cc2ccc(Cl)cc2Cl)CC1. The maximum absolute atomic E-state index is 12.5. The molecule has 1 fully saturated rings. The molecule has 1 aromatic heterocycles. The Morgan fingerprint density at radius 2 is 1.96 bits per heavy atom. The van der Waals surface area contributed by atoms with Crippen molar-refractivity contribution in [2.75, 3.05) is 26.2 Å². The highest BCUT2D eigenvalue weighted by molar-refractivity contribution is 6.35. The predicted octanol–water partition coefficient (Wildman–Crippen LogP) is 2.75. The Balaban J connectivity index is 1.54. The maximum Gasteiger partial charge on any atom is 0.309 e. The van der Waals surface area contributed by atoms with Crippen LogP contribution in [0, 0.1) is 17.0 Å². The molecule has 2 heterocycles. The summed E-state index contributed by atoms with van der Waals surface area (Å²) in [6, 6.07) is 5.45. The van der Waals surface area contributed by atoms with E-state index in [2.05, 4.69) is 10.00 Å². The van der Waals surface area contributed by atoms with Gasteiger partial charge in [-0.15, -0.1) is 0 Å².